The molecule has 214 valence electrons. The zero-order valence-electron chi connectivity index (χ0n) is 22.5. The minimum Gasteiger partial charge on any atom is -0.476 e. The molecule has 0 saturated carbocycles. The first kappa shape index (κ1) is 28.0. The van der Waals surface area contributed by atoms with Crippen LogP contribution < -0.4 is 11.2 Å². The Labute approximate surface area is 256 Å². The van der Waals surface area contributed by atoms with Crippen LogP contribution in [0.4, 0.5) is 5.13 Å². The van der Waals surface area contributed by atoms with Gasteiger partial charge in [0.15, 0.2) is 5.13 Å². The van der Waals surface area contributed by atoms with E-state index in [2.05, 4.69) is 20.7 Å². The highest BCUT2D eigenvalue weighted by Gasteiger charge is 2.47. The summed E-state index contributed by atoms with van der Waals surface area (Å²) in [4.78, 5) is 23.0. The van der Waals surface area contributed by atoms with Crippen LogP contribution in [-0.2, 0) is 25.0 Å². The van der Waals surface area contributed by atoms with Crippen LogP contribution >= 0.6 is 24.0 Å². The van der Waals surface area contributed by atoms with Crippen LogP contribution in [0.15, 0.2) is 131 Å². The average molecular weight is 608 g/mol. The van der Waals surface area contributed by atoms with Gasteiger partial charge in [0.25, 0.3) is 5.06 Å². The summed E-state index contributed by atoms with van der Waals surface area (Å²) in [6.07, 6.45) is 0. The molecule has 0 fully saturated rings. The third-order valence-corrected chi connectivity index (χ3v) is 7.95. The molecular formula is C32H25N5O4S2. The molecule has 4 N–H and O–H groups in total. The van der Waals surface area contributed by atoms with Gasteiger partial charge in [-0.15, -0.1) is 29.1 Å². The highest BCUT2D eigenvalue weighted by atomic mass is 32.1. The predicted molar refractivity (Wildman–Crippen MR) is 169 cm³/mol. The minimum atomic E-state index is -1.47. The molecule has 1 atom stereocenters. The van der Waals surface area contributed by atoms with E-state index in [-0.39, 0.29) is 10.8 Å². The summed E-state index contributed by atoms with van der Waals surface area (Å²) in [7, 11) is 0. The Hall–Kier alpha value is -5.13. The third-order valence-electron chi connectivity index (χ3n) is 6.85. The third kappa shape index (κ3) is 5.31. The molecule has 2 heterocycles. The van der Waals surface area contributed by atoms with Crippen molar-refractivity contribution in [2.24, 2.45) is 10.3 Å². The van der Waals surface area contributed by atoms with Crippen LogP contribution in [0.1, 0.15) is 33.5 Å². The normalized spacial score (nSPS) is 16.6. The number of nitrogen functional groups attached to an aromatic ring is 1. The smallest absolute Gasteiger partial charge is 0.360 e. The number of ether oxygens (including phenoxy) is 1. The number of carbonyl (C=O) groups is 1. The quantitative estimate of drug-likeness (QED) is 0.0749. The van der Waals surface area contributed by atoms with Crippen molar-refractivity contribution < 1.29 is 19.5 Å². The zero-order chi connectivity index (χ0) is 29.9. The number of carboxylic acid groups (broad SMARTS) is 1. The van der Waals surface area contributed by atoms with E-state index >= 15 is 0 Å². The number of hydrazone groups is 1. The molecular weight excluding hydrogens is 583 g/mol. The van der Waals surface area contributed by atoms with Crippen LogP contribution in [0.25, 0.3) is 0 Å². The van der Waals surface area contributed by atoms with E-state index in [1.807, 2.05) is 115 Å². The molecule has 0 radical (unpaired) electrons. The lowest BCUT2D eigenvalue weighted by atomic mass is 9.78. The lowest BCUT2D eigenvalue weighted by Crippen LogP contribution is -2.39. The molecule has 43 heavy (non-hydrogen) atoms. The number of hydrogen-bond donors (Lipinski definition) is 4. The van der Waals surface area contributed by atoms with Gasteiger partial charge in [-0.1, -0.05) is 108 Å². The average Bonchev–Trinajstić information content (AvgIpc) is 3.67. The summed E-state index contributed by atoms with van der Waals surface area (Å²) in [6.45, 7) is 0. The van der Waals surface area contributed by atoms with Gasteiger partial charge in [0.2, 0.25) is 17.2 Å². The van der Waals surface area contributed by atoms with Gasteiger partial charge in [-0.05, 0) is 12.1 Å². The Bertz CT molecular complexity index is 1770. The molecule has 0 aliphatic carbocycles. The van der Waals surface area contributed by atoms with Crippen LogP contribution in [0.5, 0.6) is 0 Å². The number of nitrogens with two attached hydrogens (primary N) is 1. The monoisotopic (exact) mass is 607 g/mol. The Balaban J connectivity index is 1.56. The molecule has 1 aromatic heterocycles. The number of rotatable bonds is 9. The summed E-state index contributed by atoms with van der Waals surface area (Å²) in [5, 5.41) is 19.1. The lowest BCUT2D eigenvalue weighted by Gasteiger charge is -2.37. The summed E-state index contributed by atoms with van der Waals surface area (Å²) < 4.78 is 6.36. The minimum absolute atomic E-state index is 0.0886. The summed E-state index contributed by atoms with van der Waals surface area (Å²) in [5.74, 6) is -0.954. The first-order valence-electron chi connectivity index (χ1n) is 13.1. The number of thiol groups is 1. The molecule has 6 rings (SSSR count). The lowest BCUT2D eigenvalue weighted by molar-refractivity contribution is -0.129. The van der Waals surface area contributed by atoms with Crippen LogP contribution in [-0.4, -0.2) is 27.7 Å². The van der Waals surface area contributed by atoms with Crippen molar-refractivity contribution in [2.45, 2.75) is 10.7 Å². The molecule has 5 aromatic rings. The number of carboxylic acids is 1. The second-order valence-electron chi connectivity index (χ2n) is 9.51. The molecule has 9 nitrogen and oxygen atoms in total. The number of nitrogens with one attached hydrogen (secondary N) is 1. The summed E-state index contributed by atoms with van der Waals surface area (Å²) >= 11 is 6.06. The maximum absolute atomic E-state index is 12.4. The van der Waals surface area contributed by atoms with E-state index in [4.69, 9.17) is 27.9 Å². The van der Waals surface area contributed by atoms with E-state index in [1.165, 1.54) is 5.38 Å². The number of aliphatic carboxylic acids is 1. The number of thiazole rings is 1. The second-order valence-corrected chi connectivity index (χ2v) is 11.0. The fourth-order valence-corrected chi connectivity index (χ4v) is 5.78. The molecule has 4 aromatic carbocycles. The van der Waals surface area contributed by atoms with Gasteiger partial charge in [-0.2, -0.15) is 0 Å². The van der Waals surface area contributed by atoms with Crippen molar-refractivity contribution in [3.8, 4) is 0 Å². The SMILES string of the molecule is Nc1nc(C(=NOC(c2ccccc2)(c2ccccc2)c2ccccc2C2(S)NN=C(c3ccccc3)O2)C(=O)O)cs1. The number of nitrogens with zero attached hydrogens (tertiary/aromatic N) is 3. The van der Waals surface area contributed by atoms with Gasteiger partial charge >= 0.3 is 5.97 Å². The number of aromatic nitrogens is 1. The first-order chi connectivity index (χ1) is 20.9. The molecule has 0 bridgehead atoms. The van der Waals surface area contributed by atoms with Gasteiger partial charge in [0.05, 0.1) is 0 Å². The Kier molecular flexibility index (Phi) is 7.58. The topological polar surface area (TPSA) is 131 Å². The molecule has 0 spiro atoms. The first-order valence-corrected chi connectivity index (χ1v) is 14.5. The highest BCUT2D eigenvalue weighted by Crippen LogP contribution is 2.46. The maximum atomic E-state index is 12.4. The predicted octanol–water partition coefficient (Wildman–Crippen LogP) is 5.54. The van der Waals surface area contributed by atoms with Crippen LogP contribution in [0, 0.1) is 0 Å². The Morgan fingerprint density at radius 2 is 1.51 bits per heavy atom. The molecule has 1 unspecified atom stereocenters. The fourth-order valence-electron chi connectivity index (χ4n) is 4.90. The van der Waals surface area contributed by atoms with Crippen molar-refractivity contribution >= 4 is 46.7 Å². The second kappa shape index (κ2) is 11.6. The van der Waals surface area contributed by atoms with Gasteiger partial charge < -0.3 is 20.4 Å². The van der Waals surface area contributed by atoms with E-state index < -0.39 is 22.3 Å². The van der Waals surface area contributed by atoms with E-state index in [0.29, 0.717) is 28.2 Å². The largest absolute Gasteiger partial charge is 0.476 e. The molecule has 0 saturated heterocycles. The number of anilines is 1. The standard InChI is InChI=1S/C32H25N5O4S2/c33-30-34-26(20-43-30)27(29(38)39)36-41-31(22-14-6-2-7-15-22,23-16-8-3-9-17-23)24-18-10-11-19-25(24)32(42)37-35-28(40-32)21-12-4-1-5-13-21/h1-20,37,42H,(H2,33,34)(H,38,39). The highest BCUT2D eigenvalue weighted by molar-refractivity contribution is 7.81. The summed E-state index contributed by atoms with van der Waals surface area (Å²) in [5.41, 5.74) is 10.4. The van der Waals surface area contributed by atoms with Crippen molar-refractivity contribution in [1.29, 1.82) is 0 Å². The number of hydrogen-bond acceptors (Lipinski definition) is 10. The van der Waals surface area contributed by atoms with Gasteiger partial charge in [-0.25, -0.2) is 9.78 Å². The van der Waals surface area contributed by atoms with Crippen molar-refractivity contribution in [1.82, 2.24) is 10.4 Å². The molecule has 1 aliphatic rings. The van der Waals surface area contributed by atoms with Gasteiger partial charge in [0, 0.05) is 33.2 Å². The van der Waals surface area contributed by atoms with E-state index in [9.17, 15) is 9.90 Å². The van der Waals surface area contributed by atoms with Gasteiger partial charge in [-0.3, -0.25) is 5.43 Å². The van der Waals surface area contributed by atoms with Crippen molar-refractivity contribution in [3.05, 3.63) is 154 Å². The molecule has 11 heteroatoms. The number of benzene rings is 4. The molecule has 1 aliphatic heterocycles. The Morgan fingerprint density at radius 3 is 2.09 bits per heavy atom. The zero-order valence-corrected chi connectivity index (χ0v) is 24.2. The van der Waals surface area contributed by atoms with Crippen molar-refractivity contribution in [2.75, 3.05) is 5.73 Å². The fraction of sp³-hybridized carbons (Fsp3) is 0.0625. The van der Waals surface area contributed by atoms with Gasteiger partial charge in [0.1, 0.15) is 5.69 Å². The van der Waals surface area contributed by atoms with E-state index in [1.54, 1.807) is 0 Å². The van der Waals surface area contributed by atoms with Crippen LogP contribution in [0.2, 0.25) is 0 Å². The molecule has 0 amide bonds. The summed E-state index contributed by atoms with van der Waals surface area (Å²) in [6, 6.07) is 35.7. The van der Waals surface area contributed by atoms with Crippen LogP contribution in [0.3, 0.4) is 0 Å². The van der Waals surface area contributed by atoms with Crippen molar-refractivity contribution in [3.63, 3.8) is 0 Å². The Morgan fingerprint density at radius 1 is 0.930 bits per heavy atom. The number of oxime groups is 1. The van der Waals surface area contributed by atoms with E-state index in [0.717, 1.165) is 16.9 Å². The maximum Gasteiger partial charge on any atom is 0.360 e.